The number of carbonyl (C=O) groups is 1. The Morgan fingerprint density at radius 1 is 1.43 bits per heavy atom. The summed E-state index contributed by atoms with van der Waals surface area (Å²) in [5, 5.41) is 2.83. The van der Waals surface area contributed by atoms with Gasteiger partial charge in [0.15, 0.2) is 5.92 Å². The Bertz CT molecular complexity index is 280. The zero-order valence-electron chi connectivity index (χ0n) is 8.49. The van der Waals surface area contributed by atoms with Crippen molar-refractivity contribution in [2.24, 2.45) is 5.92 Å². The first-order valence-corrected chi connectivity index (χ1v) is 4.85. The first-order chi connectivity index (χ1) is 6.70. The van der Waals surface area contributed by atoms with E-state index in [4.69, 9.17) is 0 Å². The van der Waals surface area contributed by atoms with Crippen LogP contribution in [0.2, 0.25) is 0 Å². The first-order valence-electron chi connectivity index (χ1n) is 4.85. The van der Waals surface area contributed by atoms with E-state index >= 15 is 0 Å². The van der Waals surface area contributed by atoms with Crippen LogP contribution in [-0.4, -0.2) is 12.5 Å². The molecule has 74 valence electrons. The van der Waals surface area contributed by atoms with Crippen molar-refractivity contribution in [1.82, 2.24) is 5.32 Å². The van der Waals surface area contributed by atoms with Crippen LogP contribution in [0.15, 0.2) is 30.3 Å². The highest BCUT2D eigenvalue weighted by atomic mass is 16.1. The van der Waals surface area contributed by atoms with Crippen LogP contribution in [0, 0.1) is 12.8 Å². The Hall–Kier alpha value is -1.44. The van der Waals surface area contributed by atoms with E-state index in [2.05, 4.69) is 24.4 Å². The van der Waals surface area contributed by atoms with Crippen molar-refractivity contribution in [2.45, 2.75) is 13.3 Å². The van der Waals surface area contributed by atoms with Gasteiger partial charge in [0.05, 0.1) is 6.92 Å². The number of nitrogens with one attached hydrogen (secondary N) is 1. The van der Waals surface area contributed by atoms with Crippen LogP contribution < -0.4 is 5.32 Å². The molecular formula is C12H16NO+. The van der Waals surface area contributed by atoms with Gasteiger partial charge in [-0.25, -0.2) is 0 Å². The monoisotopic (exact) mass is 190 g/mol. The normalized spacial score (nSPS) is 12.1. The fraction of sp³-hybridized carbons (Fsp3) is 0.333. The molecule has 0 saturated heterocycles. The molecule has 2 heteroatoms. The Morgan fingerprint density at radius 2 is 2.07 bits per heavy atom. The molecule has 0 bridgehead atoms. The SMILES string of the molecule is [CH2+]C(C)C(=O)NCCc1ccccc1. The summed E-state index contributed by atoms with van der Waals surface area (Å²) in [6, 6.07) is 10.1. The second kappa shape index (κ2) is 5.32. The lowest BCUT2D eigenvalue weighted by Gasteiger charge is -2.04. The van der Waals surface area contributed by atoms with Gasteiger partial charge in [0, 0.05) is 6.54 Å². The summed E-state index contributed by atoms with van der Waals surface area (Å²) in [4.78, 5) is 11.2. The van der Waals surface area contributed by atoms with Gasteiger partial charge in [0.1, 0.15) is 0 Å². The van der Waals surface area contributed by atoms with E-state index in [9.17, 15) is 4.79 Å². The standard InChI is InChI=1S/C12H15NO/c1-10(2)12(14)13-9-8-11-6-4-3-5-7-11/h3-7,10H,1,8-9H2,2H3/p+1. The van der Waals surface area contributed by atoms with Crippen LogP contribution >= 0.6 is 0 Å². The number of rotatable bonds is 4. The Morgan fingerprint density at radius 3 is 2.64 bits per heavy atom. The maximum Gasteiger partial charge on any atom is 0.267 e. The van der Waals surface area contributed by atoms with Gasteiger partial charge in [-0.1, -0.05) is 30.3 Å². The summed E-state index contributed by atoms with van der Waals surface area (Å²) in [5.41, 5.74) is 1.24. The van der Waals surface area contributed by atoms with E-state index in [1.165, 1.54) is 5.56 Å². The molecular weight excluding hydrogens is 174 g/mol. The molecule has 1 aromatic rings. The lowest BCUT2D eigenvalue weighted by atomic mass is 10.1. The molecule has 0 fully saturated rings. The molecule has 0 aromatic heterocycles. The van der Waals surface area contributed by atoms with E-state index < -0.39 is 0 Å². The molecule has 0 spiro atoms. The van der Waals surface area contributed by atoms with Crippen LogP contribution in [0.4, 0.5) is 0 Å². The first kappa shape index (κ1) is 10.6. The van der Waals surface area contributed by atoms with Crippen LogP contribution in [0.1, 0.15) is 12.5 Å². The number of hydrogen-bond donors (Lipinski definition) is 1. The smallest absolute Gasteiger partial charge is 0.267 e. The number of hydrogen-bond acceptors (Lipinski definition) is 1. The summed E-state index contributed by atoms with van der Waals surface area (Å²) < 4.78 is 0. The molecule has 0 aliphatic rings. The van der Waals surface area contributed by atoms with Gasteiger partial charge in [-0.05, 0) is 18.9 Å². The van der Waals surface area contributed by atoms with Gasteiger partial charge in [0.25, 0.3) is 5.91 Å². The zero-order valence-corrected chi connectivity index (χ0v) is 8.49. The van der Waals surface area contributed by atoms with E-state index in [0.29, 0.717) is 6.54 Å². The van der Waals surface area contributed by atoms with E-state index in [1.54, 1.807) is 6.92 Å². The van der Waals surface area contributed by atoms with Crippen molar-refractivity contribution in [2.75, 3.05) is 6.54 Å². The quantitative estimate of drug-likeness (QED) is 0.721. The van der Waals surface area contributed by atoms with Gasteiger partial charge >= 0.3 is 0 Å². The van der Waals surface area contributed by atoms with Crippen LogP contribution in [0.5, 0.6) is 0 Å². The lowest BCUT2D eigenvalue weighted by molar-refractivity contribution is -0.123. The molecule has 1 unspecified atom stereocenters. The van der Waals surface area contributed by atoms with E-state index in [-0.39, 0.29) is 11.8 Å². The Balaban J connectivity index is 2.26. The molecule has 1 atom stereocenters. The van der Waals surface area contributed by atoms with Crippen molar-refractivity contribution in [1.29, 1.82) is 0 Å². The minimum atomic E-state index is -0.175. The topological polar surface area (TPSA) is 29.1 Å². The summed E-state index contributed by atoms with van der Waals surface area (Å²) in [6.45, 7) is 6.12. The van der Waals surface area contributed by atoms with Crippen LogP contribution in [0.3, 0.4) is 0 Å². The van der Waals surface area contributed by atoms with E-state index in [0.717, 1.165) is 6.42 Å². The fourth-order valence-corrected chi connectivity index (χ4v) is 1.15. The van der Waals surface area contributed by atoms with Crippen LogP contribution in [-0.2, 0) is 11.2 Å². The average Bonchev–Trinajstić information content (AvgIpc) is 2.19. The Labute approximate surface area is 85.3 Å². The highest BCUT2D eigenvalue weighted by Gasteiger charge is 2.11. The van der Waals surface area contributed by atoms with Gasteiger partial charge in [0.2, 0.25) is 0 Å². The third-order valence-corrected chi connectivity index (χ3v) is 2.00. The predicted octanol–water partition coefficient (Wildman–Crippen LogP) is 1.82. The Kier molecular flexibility index (Phi) is 4.05. The zero-order chi connectivity index (χ0) is 10.4. The number of amides is 1. The van der Waals surface area contributed by atoms with Crippen molar-refractivity contribution in [3.8, 4) is 0 Å². The summed E-state index contributed by atoms with van der Waals surface area (Å²) >= 11 is 0. The maximum absolute atomic E-state index is 11.2. The summed E-state index contributed by atoms with van der Waals surface area (Å²) in [7, 11) is 0. The molecule has 1 amide bonds. The molecule has 0 aliphatic heterocycles. The van der Waals surface area contributed by atoms with Crippen molar-refractivity contribution < 1.29 is 4.79 Å². The number of benzene rings is 1. The molecule has 1 aromatic carbocycles. The molecule has 0 aliphatic carbocycles. The summed E-state index contributed by atoms with van der Waals surface area (Å²) in [6.07, 6.45) is 0.874. The molecule has 0 radical (unpaired) electrons. The molecule has 0 heterocycles. The number of carbonyl (C=O) groups excluding carboxylic acids is 1. The van der Waals surface area contributed by atoms with E-state index in [1.807, 2.05) is 18.2 Å². The third kappa shape index (κ3) is 3.52. The second-order valence-electron chi connectivity index (χ2n) is 3.43. The van der Waals surface area contributed by atoms with Gasteiger partial charge in [-0.3, -0.25) is 4.79 Å². The van der Waals surface area contributed by atoms with Gasteiger partial charge < -0.3 is 5.32 Å². The van der Waals surface area contributed by atoms with Crippen molar-refractivity contribution >= 4 is 5.91 Å². The fourth-order valence-electron chi connectivity index (χ4n) is 1.15. The molecule has 0 saturated carbocycles. The van der Waals surface area contributed by atoms with Crippen LogP contribution in [0.25, 0.3) is 0 Å². The lowest BCUT2D eigenvalue weighted by Crippen LogP contribution is -2.29. The highest BCUT2D eigenvalue weighted by molar-refractivity contribution is 5.78. The maximum atomic E-state index is 11.2. The molecule has 14 heavy (non-hydrogen) atoms. The predicted molar refractivity (Wildman–Crippen MR) is 57.7 cm³/mol. The van der Waals surface area contributed by atoms with Crippen molar-refractivity contribution in [3.63, 3.8) is 0 Å². The molecule has 1 N–H and O–H groups in total. The molecule has 1 rings (SSSR count). The second-order valence-corrected chi connectivity index (χ2v) is 3.43. The minimum Gasteiger partial charge on any atom is -0.352 e. The average molecular weight is 190 g/mol. The summed E-state index contributed by atoms with van der Waals surface area (Å²) in [5.74, 6) is -0.160. The minimum absolute atomic E-state index is 0.0148. The molecule has 2 nitrogen and oxygen atoms in total. The van der Waals surface area contributed by atoms with Crippen molar-refractivity contribution in [3.05, 3.63) is 42.8 Å². The van der Waals surface area contributed by atoms with Gasteiger partial charge in [-0.2, -0.15) is 0 Å². The third-order valence-electron chi connectivity index (χ3n) is 2.00. The highest BCUT2D eigenvalue weighted by Crippen LogP contribution is 1.98. The largest absolute Gasteiger partial charge is 0.352 e. The van der Waals surface area contributed by atoms with Gasteiger partial charge in [-0.15, -0.1) is 0 Å².